The summed E-state index contributed by atoms with van der Waals surface area (Å²) in [7, 11) is 0. The van der Waals surface area contributed by atoms with Crippen LogP contribution in [0.3, 0.4) is 0 Å². The molecule has 0 aliphatic carbocycles. The molecule has 2 saturated heterocycles. The van der Waals surface area contributed by atoms with E-state index in [1.54, 1.807) is 18.2 Å². The molecule has 3 aromatic carbocycles. The van der Waals surface area contributed by atoms with Gasteiger partial charge in [-0.05, 0) is 29.3 Å². The van der Waals surface area contributed by atoms with E-state index in [2.05, 4.69) is 58.3 Å². The number of nitrogens with zero attached hydrogens (tertiary/aromatic N) is 3. The van der Waals surface area contributed by atoms with Gasteiger partial charge in [-0.25, -0.2) is 4.90 Å². The van der Waals surface area contributed by atoms with E-state index >= 15 is 0 Å². The SMILES string of the molecule is O=C1C[C@H](N2CCN(C(c3ccccc3)c3ccccc3)CC2)C(=O)N1c1ccc(Cl)c(Cl)c1. The molecule has 2 heterocycles. The zero-order valence-corrected chi connectivity index (χ0v) is 20.1. The van der Waals surface area contributed by atoms with Gasteiger partial charge in [-0.3, -0.25) is 19.4 Å². The maximum Gasteiger partial charge on any atom is 0.251 e. The first-order chi connectivity index (χ1) is 16.5. The Kier molecular flexibility index (Phi) is 6.70. The van der Waals surface area contributed by atoms with Crippen molar-refractivity contribution < 1.29 is 9.59 Å². The second-order valence-corrected chi connectivity index (χ2v) is 9.50. The first kappa shape index (κ1) is 23.1. The normalized spacial score (nSPS) is 19.9. The van der Waals surface area contributed by atoms with Crippen molar-refractivity contribution in [2.45, 2.75) is 18.5 Å². The molecular formula is C27H25Cl2N3O2. The summed E-state index contributed by atoms with van der Waals surface area (Å²) in [6.45, 7) is 3.04. The number of rotatable bonds is 5. The topological polar surface area (TPSA) is 43.9 Å². The number of carbonyl (C=O) groups excluding carboxylic acids is 2. The zero-order valence-electron chi connectivity index (χ0n) is 18.6. The second kappa shape index (κ2) is 9.88. The van der Waals surface area contributed by atoms with Crippen molar-refractivity contribution in [2.75, 3.05) is 31.1 Å². The van der Waals surface area contributed by atoms with Gasteiger partial charge in [-0.2, -0.15) is 0 Å². The molecule has 2 fully saturated rings. The van der Waals surface area contributed by atoms with E-state index in [0.717, 1.165) is 26.2 Å². The lowest BCUT2D eigenvalue weighted by Crippen LogP contribution is -2.53. The highest BCUT2D eigenvalue weighted by molar-refractivity contribution is 6.42. The summed E-state index contributed by atoms with van der Waals surface area (Å²) >= 11 is 12.1. The quantitative estimate of drug-likeness (QED) is 0.467. The molecule has 1 atom stereocenters. The fourth-order valence-electron chi connectivity index (χ4n) is 4.99. The van der Waals surface area contributed by atoms with Gasteiger partial charge in [0, 0.05) is 26.2 Å². The van der Waals surface area contributed by atoms with Crippen LogP contribution in [-0.2, 0) is 9.59 Å². The van der Waals surface area contributed by atoms with Crippen LogP contribution in [0, 0.1) is 0 Å². The van der Waals surface area contributed by atoms with Crippen molar-refractivity contribution in [3.8, 4) is 0 Å². The largest absolute Gasteiger partial charge is 0.290 e. The number of imide groups is 1. The Labute approximate surface area is 209 Å². The van der Waals surface area contributed by atoms with E-state index < -0.39 is 6.04 Å². The predicted molar refractivity (Wildman–Crippen MR) is 135 cm³/mol. The number of halogens is 2. The van der Waals surface area contributed by atoms with Crippen molar-refractivity contribution in [3.05, 3.63) is 100 Å². The van der Waals surface area contributed by atoms with Crippen LogP contribution < -0.4 is 4.90 Å². The molecule has 2 aliphatic rings. The van der Waals surface area contributed by atoms with Gasteiger partial charge in [0.15, 0.2) is 0 Å². The molecule has 2 aliphatic heterocycles. The molecule has 174 valence electrons. The predicted octanol–water partition coefficient (Wildman–Crippen LogP) is 5.03. The van der Waals surface area contributed by atoms with Crippen molar-refractivity contribution in [1.29, 1.82) is 0 Å². The lowest BCUT2D eigenvalue weighted by Gasteiger charge is -2.41. The van der Waals surface area contributed by atoms with E-state index in [1.807, 2.05) is 12.1 Å². The highest BCUT2D eigenvalue weighted by Gasteiger charge is 2.44. The molecule has 0 radical (unpaired) electrons. The molecule has 7 heteroatoms. The summed E-state index contributed by atoms with van der Waals surface area (Å²) in [5, 5.41) is 0.716. The third kappa shape index (κ3) is 4.49. The summed E-state index contributed by atoms with van der Waals surface area (Å²) in [5.74, 6) is -0.401. The molecule has 3 aromatic rings. The summed E-state index contributed by atoms with van der Waals surface area (Å²) in [6, 6.07) is 25.6. The number of hydrogen-bond donors (Lipinski definition) is 0. The Morgan fingerprint density at radius 2 is 1.32 bits per heavy atom. The Hall–Kier alpha value is -2.70. The van der Waals surface area contributed by atoms with Crippen molar-refractivity contribution in [2.24, 2.45) is 0 Å². The van der Waals surface area contributed by atoms with E-state index in [1.165, 1.54) is 16.0 Å². The lowest BCUT2D eigenvalue weighted by atomic mass is 9.96. The molecular weight excluding hydrogens is 469 g/mol. The molecule has 0 aromatic heterocycles. The average molecular weight is 494 g/mol. The molecule has 5 nitrogen and oxygen atoms in total. The Bertz CT molecular complexity index is 1140. The van der Waals surface area contributed by atoms with Crippen LogP contribution in [0.25, 0.3) is 0 Å². The van der Waals surface area contributed by atoms with Crippen molar-refractivity contribution in [1.82, 2.24) is 9.80 Å². The standard InChI is InChI=1S/C27H25Cl2N3O2/c28-22-12-11-21(17-23(22)29)32-25(33)18-24(27(32)34)30-13-15-31(16-14-30)26(19-7-3-1-4-8-19)20-9-5-2-6-10-20/h1-12,17,24,26H,13-16,18H2/t24-/m0/s1. The minimum absolute atomic E-state index is 0.151. The van der Waals surface area contributed by atoms with Gasteiger partial charge in [-0.15, -0.1) is 0 Å². The zero-order chi connectivity index (χ0) is 23.7. The smallest absolute Gasteiger partial charge is 0.251 e. The minimum Gasteiger partial charge on any atom is -0.290 e. The summed E-state index contributed by atoms with van der Waals surface area (Å²) < 4.78 is 0. The number of piperazine rings is 1. The highest BCUT2D eigenvalue weighted by atomic mass is 35.5. The second-order valence-electron chi connectivity index (χ2n) is 8.68. The van der Waals surface area contributed by atoms with Crippen molar-refractivity contribution >= 4 is 40.7 Å². The third-order valence-corrected chi connectivity index (χ3v) is 7.41. The highest BCUT2D eigenvalue weighted by Crippen LogP contribution is 2.33. The molecule has 0 saturated carbocycles. The number of carbonyl (C=O) groups is 2. The Morgan fingerprint density at radius 3 is 1.88 bits per heavy atom. The molecule has 0 spiro atoms. The molecule has 5 rings (SSSR count). The van der Waals surface area contributed by atoms with Crippen LogP contribution >= 0.6 is 23.2 Å². The van der Waals surface area contributed by atoms with Gasteiger partial charge in [0.25, 0.3) is 5.91 Å². The molecule has 34 heavy (non-hydrogen) atoms. The van der Waals surface area contributed by atoms with Gasteiger partial charge in [0.2, 0.25) is 5.91 Å². The first-order valence-electron chi connectivity index (χ1n) is 11.4. The number of anilines is 1. The maximum atomic E-state index is 13.2. The first-order valence-corrected chi connectivity index (χ1v) is 12.2. The number of amides is 2. The van der Waals surface area contributed by atoms with Crippen LogP contribution in [-0.4, -0.2) is 53.8 Å². The Balaban J connectivity index is 1.31. The average Bonchev–Trinajstić information content (AvgIpc) is 3.16. The number of hydrogen-bond acceptors (Lipinski definition) is 4. The maximum absolute atomic E-state index is 13.2. The Morgan fingerprint density at radius 1 is 0.735 bits per heavy atom. The molecule has 0 unspecified atom stereocenters. The number of benzene rings is 3. The van der Waals surface area contributed by atoms with Crippen LogP contribution in [0.15, 0.2) is 78.9 Å². The van der Waals surface area contributed by atoms with Crippen LogP contribution in [0.4, 0.5) is 5.69 Å². The minimum atomic E-state index is -0.448. The van der Waals surface area contributed by atoms with Gasteiger partial charge in [0.05, 0.1) is 34.2 Å². The van der Waals surface area contributed by atoms with Gasteiger partial charge in [-0.1, -0.05) is 83.9 Å². The summed E-state index contributed by atoms with van der Waals surface area (Å²) in [4.78, 5) is 31.9. The fourth-order valence-corrected chi connectivity index (χ4v) is 5.28. The fraction of sp³-hybridized carbons (Fsp3) is 0.259. The molecule has 2 amide bonds. The van der Waals surface area contributed by atoms with Crippen LogP contribution in [0.1, 0.15) is 23.6 Å². The van der Waals surface area contributed by atoms with Gasteiger partial charge >= 0.3 is 0 Å². The summed E-state index contributed by atoms with van der Waals surface area (Å²) in [6.07, 6.45) is 0.180. The monoisotopic (exact) mass is 493 g/mol. The van der Waals surface area contributed by atoms with Gasteiger partial charge < -0.3 is 0 Å². The molecule has 0 N–H and O–H groups in total. The van der Waals surface area contributed by atoms with Crippen LogP contribution in [0.2, 0.25) is 10.0 Å². The van der Waals surface area contributed by atoms with E-state index in [0.29, 0.717) is 15.7 Å². The van der Waals surface area contributed by atoms with E-state index in [4.69, 9.17) is 23.2 Å². The van der Waals surface area contributed by atoms with Crippen molar-refractivity contribution in [3.63, 3.8) is 0 Å². The van der Waals surface area contributed by atoms with Gasteiger partial charge in [0.1, 0.15) is 0 Å². The molecule has 0 bridgehead atoms. The van der Waals surface area contributed by atoms with E-state index in [-0.39, 0.29) is 24.3 Å². The summed E-state index contributed by atoms with van der Waals surface area (Å²) in [5.41, 5.74) is 2.97. The lowest BCUT2D eigenvalue weighted by molar-refractivity contribution is -0.123. The van der Waals surface area contributed by atoms with Crippen LogP contribution in [0.5, 0.6) is 0 Å². The third-order valence-electron chi connectivity index (χ3n) is 6.67. The van der Waals surface area contributed by atoms with E-state index in [9.17, 15) is 9.59 Å².